The van der Waals surface area contributed by atoms with Gasteiger partial charge >= 0.3 is 11.8 Å². The van der Waals surface area contributed by atoms with Crippen LogP contribution >= 0.6 is 23.2 Å². The predicted molar refractivity (Wildman–Crippen MR) is 224 cm³/mol. The Hall–Kier alpha value is -4.26. The first-order valence-electron chi connectivity index (χ1n) is 17.5. The van der Waals surface area contributed by atoms with Crippen LogP contribution in [0.15, 0.2) is 107 Å². The molecular weight excluding hydrogens is 687 g/mol. The van der Waals surface area contributed by atoms with E-state index < -0.39 is 11.8 Å². The molecule has 0 atom stereocenters. The van der Waals surface area contributed by atoms with Crippen molar-refractivity contribution in [3.8, 4) is 0 Å². The Balaban J connectivity index is 0.000000280. The third-order valence-electron chi connectivity index (χ3n) is 8.20. The van der Waals surface area contributed by atoms with Gasteiger partial charge in [0.2, 0.25) is 0 Å². The SMILES string of the molecule is CC(C)(C)c1ccccc1N=C(Cl)C(Cl)=Nc1ccccc1C(C)(C)C.CC(C)(C)c1ccccc1NC(=O)C(=O)Nc1ccccc1C(C)(C)C. The van der Waals surface area contributed by atoms with Crippen molar-refractivity contribution in [2.45, 2.75) is 105 Å². The molecule has 0 heterocycles. The fourth-order valence-electron chi connectivity index (χ4n) is 5.56. The van der Waals surface area contributed by atoms with Crippen molar-refractivity contribution in [2.24, 2.45) is 9.98 Å². The number of anilines is 2. The number of hydrogen-bond acceptors (Lipinski definition) is 4. The summed E-state index contributed by atoms with van der Waals surface area (Å²) < 4.78 is 0. The fraction of sp³-hybridized carbons (Fsp3) is 0.364. The van der Waals surface area contributed by atoms with E-state index in [0.29, 0.717) is 11.4 Å². The maximum absolute atomic E-state index is 12.4. The lowest BCUT2D eigenvalue weighted by Gasteiger charge is -2.24. The van der Waals surface area contributed by atoms with Crippen molar-refractivity contribution < 1.29 is 9.59 Å². The Bertz CT molecular complexity index is 1790. The van der Waals surface area contributed by atoms with E-state index in [9.17, 15) is 9.59 Å². The predicted octanol–water partition coefficient (Wildman–Crippen LogP) is 12.4. The average Bonchev–Trinajstić information content (AvgIpc) is 3.04. The first-order valence-corrected chi connectivity index (χ1v) is 18.2. The number of carbonyl (C=O) groups is 2. The van der Waals surface area contributed by atoms with E-state index >= 15 is 0 Å². The second-order valence-corrected chi connectivity index (χ2v) is 17.6. The number of amides is 2. The maximum atomic E-state index is 12.4. The molecule has 0 saturated carbocycles. The van der Waals surface area contributed by atoms with Gasteiger partial charge in [0.25, 0.3) is 0 Å². The van der Waals surface area contributed by atoms with Crippen molar-refractivity contribution in [3.05, 3.63) is 119 Å². The molecule has 0 spiro atoms. The number of para-hydroxylation sites is 4. The summed E-state index contributed by atoms with van der Waals surface area (Å²) in [5.41, 5.74) is 6.75. The molecular formula is C44H54Cl2N4O2. The Morgan fingerprint density at radius 1 is 0.423 bits per heavy atom. The van der Waals surface area contributed by atoms with Gasteiger partial charge < -0.3 is 10.6 Å². The summed E-state index contributed by atoms with van der Waals surface area (Å²) in [4.78, 5) is 33.9. The minimum absolute atomic E-state index is 0.0419. The van der Waals surface area contributed by atoms with Gasteiger partial charge in [-0.25, -0.2) is 9.98 Å². The van der Waals surface area contributed by atoms with Crippen LogP contribution in [0.25, 0.3) is 0 Å². The molecule has 2 N–H and O–H groups in total. The lowest BCUT2D eigenvalue weighted by atomic mass is 9.85. The quantitative estimate of drug-likeness (QED) is 0.158. The van der Waals surface area contributed by atoms with E-state index in [0.717, 1.165) is 33.6 Å². The van der Waals surface area contributed by atoms with Crippen molar-refractivity contribution in [3.63, 3.8) is 0 Å². The van der Waals surface area contributed by atoms with Crippen molar-refractivity contribution in [1.29, 1.82) is 0 Å². The Labute approximate surface area is 321 Å². The van der Waals surface area contributed by atoms with Crippen LogP contribution in [0.3, 0.4) is 0 Å². The van der Waals surface area contributed by atoms with E-state index in [1.165, 1.54) is 0 Å². The molecule has 0 unspecified atom stereocenters. The average molecular weight is 742 g/mol. The van der Waals surface area contributed by atoms with Gasteiger partial charge in [-0.05, 0) is 68.2 Å². The van der Waals surface area contributed by atoms with Crippen LogP contribution < -0.4 is 10.6 Å². The minimum atomic E-state index is -0.676. The van der Waals surface area contributed by atoms with Gasteiger partial charge in [-0.15, -0.1) is 0 Å². The molecule has 8 heteroatoms. The number of aliphatic imine (C=N–C) groups is 2. The van der Waals surface area contributed by atoms with Gasteiger partial charge in [0.1, 0.15) is 0 Å². The standard InChI is InChI=1S/C22H26Cl2N2.C22H28N2O2/c1-21(2,3)15-11-7-9-13-17(15)25-19(23)20(24)26-18-14-10-8-12-16(18)22(4,5)6;1-21(2,3)15-11-7-9-13-17(15)23-19(25)20(26)24-18-14-10-8-12-16(18)22(4,5)6/h7-14H,1-6H3;7-14H,1-6H3,(H,23,25)(H,24,26). The molecule has 0 fully saturated rings. The molecule has 4 rings (SSSR count). The van der Waals surface area contributed by atoms with Gasteiger partial charge in [-0.1, -0.05) is 179 Å². The van der Waals surface area contributed by atoms with Crippen molar-refractivity contribution >= 4 is 68.1 Å². The topological polar surface area (TPSA) is 82.9 Å². The lowest BCUT2D eigenvalue weighted by Crippen LogP contribution is -2.31. The van der Waals surface area contributed by atoms with E-state index in [-0.39, 0.29) is 32.0 Å². The number of nitrogens with zero attached hydrogens (tertiary/aromatic N) is 2. The van der Waals surface area contributed by atoms with E-state index in [1.807, 2.05) is 84.9 Å². The van der Waals surface area contributed by atoms with Crippen LogP contribution in [-0.2, 0) is 31.2 Å². The zero-order valence-corrected chi connectivity index (χ0v) is 34.2. The molecule has 0 aliphatic heterocycles. The number of carbonyl (C=O) groups excluding carboxylic acids is 2. The Morgan fingerprint density at radius 2 is 0.673 bits per heavy atom. The monoisotopic (exact) mass is 740 g/mol. The van der Waals surface area contributed by atoms with E-state index in [1.54, 1.807) is 0 Å². The van der Waals surface area contributed by atoms with Gasteiger partial charge in [-0.3, -0.25) is 9.59 Å². The normalized spacial score (nSPS) is 12.8. The number of halogens is 2. The highest BCUT2D eigenvalue weighted by Crippen LogP contribution is 2.34. The third-order valence-corrected chi connectivity index (χ3v) is 8.83. The van der Waals surface area contributed by atoms with Crippen LogP contribution in [0.1, 0.15) is 105 Å². The number of hydrogen-bond donors (Lipinski definition) is 2. The number of benzene rings is 4. The van der Waals surface area contributed by atoms with Crippen molar-refractivity contribution in [1.82, 2.24) is 0 Å². The molecule has 276 valence electrons. The molecule has 0 radical (unpaired) electrons. The molecule has 0 aliphatic carbocycles. The summed E-state index contributed by atoms with van der Waals surface area (Å²) in [6.07, 6.45) is 0. The molecule has 4 aromatic carbocycles. The number of rotatable bonds is 5. The van der Waals surface area contributed by atoms with Crippen molar-refractivity contribution in [2.75, 3.05) is 10.6 Å². The molecule has 0 aliphatic rings. The lowest BCUT2D eigenvalue weighted by molar-refractivity contribution is -0.133. The minimum Gasteiger partial charge on any atom is -0.318 e. The first kappa shape index (κ1) is 42.2. The summed E-state index contributed by atoms with van der Waals surface area (Å²) in [7, 11) is 0. The highest BCUT2D eigenvalue weighted by atomic mass is 35.5. The maximum Gasteiger partial charge on any atom is 0.314 e. The summed E-state index contributed by atoms with van der Waals surface area (Å²) >= 11 is 12.8. The zero-order chi connectivity index (χ0) is 39.1. The van der Waals surface area contributed by atoms with Gasteiger partial charge in [0.05, 0.1) is 11.4 Å². The largest absolute Gasteiger partial charge is 0.318 e. The molecule has 4 aromatic rings. The van der Waals surface area contributed by atoms with Crippen LogP contribution in [0.5, 0.6) is 0 Å². The Kier molecular flexibility index (Phi) is 13.8. The zero-order valence-electron chi connectivity index (χ0n) is 32.7. The second-order valence-electron chi connectivity index (χ2n) is 16.8. The van der Waals surface area contributed by atoms with Crippen LogP contribution in [0, 0.1) is 0 Å². The highest BCUT2D eigenvalue weighted by molar-refractivity contribution is 7.00. The summed E-state index contributed by atoms with van der Waals surface area (Å²) in [6.45, 7) is 25.3. The van der Waals surface area contributed by atoms with Crippen LogP contribution in [0.2, 0.25) is 0 Å². The van der Waals surface area contributed by atoms with E-state index in [4.69, 9.17) is 23.2 Å². The molecule has 0 saturated heterocycles. The third kappa shape index (κ3) is 11.9. The Morgan fingerprint density at radius 3 is 0.962 bits per heavy atom. The van der Waals surface area contributed by atoms with Crippen LogP contribution in [-0.4, -0.2) is 22.2 Å². The fourth-order valence-corrected chi connectivity index (χ4v) is 5.83. The smallest absolute Gasteiger partial charge is 0.314 e. The van der Waals surface area contributed by atoms with Crippen LogP contribution in [0.4, 0.5) is 22.7 Å². The summed E-state index contributed by atoms with van der Waals surface area (Å²) in [5.74, 6) is -1.35. The molecule has 0 aromatic heterocycles. The summed E-state index contributed by atoms with van der Waals surface area (Å²) in [6, 6.07) is 31.0. The summed E-state index contributed by atoms with van der Waals surface area (Å²) in [5, 5.41) is 5.86. The molecule has 52 heavy (non-hydrogen) atoms. The first-order chi connectivity index (χ1) is 24.0. The second kappa shape index (κ2) is 17.0. The highest BCUT2D eigenvalue weighted by Gasteiger charge is 2.24. The van der Waals surface area contributed by atoms with Gasteiger partial charge in [0.15, 0.2) is 10.3 Å². The van der Waals surface area contributed by atoms with E-state index in [2.05, 4.69) is 116 Å². The van der Waals surface area contributed by atoms with Gasteiger partial charge in [0, 0.05) is 11.4 Å². The molecule has 2 amide bonds. The molecule has 0 bridgehead atoms. The molecule has 6 nitrogen and oxygen atoms in total. The number of nitrogens with one attached hydrogen (secondary N) is 2. The van der Waals surface area contributed by atoms with Gasteiger partial charge in [-0.2, -0.15) is 0 Å².